The van der Waals surface area contributed by atoms with Crippen molar-refractivity contribution < 1.29 is 8.42 Å². The standard InChI is InChI=1S/C18H16O2S/c19-21(20,17-10-2-1-3-11-17)14-13-16-9-6-8-15-7-4-5-12-18(15)16/h1-12H,13-14H2. The van der Waals surface area contributed by atoms with Gasteiger partial charge in [0.25, 0.3) is 0 Å². The van der Waals surface area contributed by atoms with Gasteiger partial charge in [0.05, 0.1) is 10.6 Å². The SMILES string of the molecule is O=S(=O)(CCc1cccc2ccccc12)c1ccccc1. The highest BCUT2D eigenvalue weighted by molar-refractivity contribution is 7.91. The third-order valence-electron chi connectivity index (χ3n) is 3.62. The van der Waals surface area contributed by atoms with Crippen LogP contribution in [0.15, 0.2) is 77.7 Å². The number of hydrogen-bond acceptors (Lipinski definition) is 2. The van der Waals surface area contributed by atoms with Crippen LogP contribution in [0, 0.1) is 0 Å². The predicted octanol–water partition coefficient (Wildman–Crippen LogP) is 3.86. The molecule has 0 saturated carbocycles. The number of rotatable bonds is 4. The lowest BCUT2D eigenvalue weighted by atomic mass is 10.0. The largest absolute Gasteiger partial charge is 0.224 e. The van der Waals surface area contributed by atoms with Gasteiger partial charge >= 0.3 is 0 Å². The second kappa shape index (κ2) is 5.70. The molecule has 0 fully saturated rings. The molecular weight excluding hydrogens is 280 g/mol. The van der Waals surface area contributed by atoms with Crippen LogP contribution in [0.5, 0.6) is 0 Å². The molecule has 0 aromatic heterocycles. The first-order valence-electron chi connectivity index (χ1n) is 6.91. The Kier molecular flexibility index (Phi) is 3.76. The Balaban J connectivity index is 1.87. The smallest absolute Gasteiger partial charge is 0.178 e. The summed E-state index contributed by atoms with van der Waals surface area (Å²) in [6.45, 7) is 0. The number of fused-ring (bicyclic) bond motifs is 1. The van der Waals surface area contributed by atoms with Crippen LogP contribution in [-0.4, -0.2) is 14.2 Å². The van der Waals surface area contributed by atoms with Crippen molar-refractivity contribution in [2.75, 3.05) is 5.75 Å². The van der Waals surface area contributed by atoms with E-state index in [0.717, 1.165) is 16.3 Å². The lowest BCUT2D eigenvalue weighted by Crippen LogP contribution is -2.09. The van der Waals surface area contributed by atoms with Crippen molar-refractivity contribution in [2.24, 2.45) is 0 Å². The van der Waals surface area contributed by atoms with Crippen LogP contribution in [0.2, 0.25) is 0 Å². The van der Waals surface area contributed by atoms with E-state index in [9.17, 15) is 8.42 Å². The fourth-order valence-electron chi connectivity index (χ4n) is 2.50. The Morgan fingerprint density at radius 3 is 2.19 bits per heavy atom. The third kappa shape index (κ3) is 2.98. The van der Waals surface area contributed by atoms with Gasteiger partial charge in [0.15, 0.2) is 9.84 Å². The first-order chi connectivity index (χ1) is 10.2. The summed E-state index contributed by atoms with van der Waals surface area (Å²) in [4.78, 5) is 0.394. The number of hydrogen-bond donors (Lipinski definition) is 0. The highest BCUT2D eigenvalue weighted by atomic mass is 32.2. The lowest BCUT2D eigenvalue weighted by Gasteiger charge is -2.07. The van der Waals surface area contributed by atoms with Gasteiger partial charge in [0.1, 0.15) is 0 Å². The summed E-state index contributed by atoms with van der Waals surface area (Å²) in [6, 6.07) is 22.7. The second-order valence-corrected chi connectivity index (χ2v) is 7.13. The molecule has 0 N–H and O–H groups in total. The molecule has 0 aliphatic rings. The molecule has 0 atom stereocenters. The van der Waals surface area contributed by atoms with Gasteiger partial charge in [-0.3, -0.25) is 0 Å². The summed E-state index contributed by atoms with van der Waals surface area (Å²) in [6.07, 6.45) is 0.526. The molecular formula is C18H16O2S. The van der Waals surface area contributed by atoms with E-state index in [1.165, 1.54) is 0 Å². The average Bonchev–Trinajstić information content (AvgIpc) is 2.54. The Bertz CT molecular complexity index is 847. The minimum absolute atomic E-state index is 0.130. The molecule has 0 spiro atoms. The maximum Gasteiger partial charge on any atom is 0.178 e. The van der Waals surface area contributed by atoms with E-state index in [1.54, 1.807) is 24.3 Å². The van der Waals surface area contributed by atoms with Crippen LogP contribution in [0.3, 0.4) is 0 Å². The van der Waals surface area contributed by atoms with Crippen molar-refractivity contribution >= 4 is 20.6 Å². The van der Waals surface area contributed by atoms with E-state index in [2.05, 4.69) is 0 Å². The van der Waals surface area contributed by atoms with Gasteiger partial charge < -0.3 is 0 Å². The van der Waals surface area contributed by atoms with Gasteiger partial charge in [-0.2, -0.15) is 0 Å². The molecule has 0 aliphatic heterocycles. The summed E-state index contributed by atoms with van der Waals surface area (Å²) in [7, 11) is -3.23. The van der Waals surface area contributed by atoms with Crippen LogP contribution in [0.1, 0.15) is 5.56 Å². The van der Waals surface area contributed by atoms with Crippen LogP contribution in [0.4, 0.5) is 0 Å². The summed E-state index contributed by atoms with van der Waals surface area (Å²) in [5.41, 5.74) is 1.08. The maximum absolute atomic E-state index is 12.3. The average molecular weight is 296 g/mol. The molecule has 3 aromatic rings. The van der Waals surface area contributed by atoms with Crippen molar-refractivity contribution in [1.82, 2.24) is 0 Å². The molecule has 2 nitrogen and oxygen atoms in total. The normalized spacial score (nSPS) is 11.6. The molecule has 106 valence electrons. The van der Waals surface area contributed by atoms with E-state index in [-0.39, 0.29) is 5.75 Å². The maximum atomic E-state index is 12.3. The van der Waals surface area contributed by atoms with Crippen LogP contribution in [0.25, 0.3) is 10.8 Å². The summed E-state index contributed by atoms with van der Waals surface area (Å²) < 4.78 is 24.7. The fraction of sp³-hybridized carbons (Fsp3) is 0.111. The molecule has 0 heterocycles. The van der Waals surface area contributed by atoms with Crippen molar-refractivity contribution in [3.8, 4) is 0 Å². The fourth-order valence-corrected chi connectivity index (χ4v) is 3.80. The van der Waals surface area contributed by atoms with Gasteiger partial charge in [0.2, 0.25) is 0 Å². The molecule has 0 aliphatic carbocycles. The number of sulfone groups is 1. The monoisotopic (exact) mass is 296 g/mol. The zero-order chi connectivity index (χ0) is 14.7. The summed E-state index contributed by atoms with van der Waals surface area (Å²) in [5, 5.41) is 2.27. The molecule has 0 radical (unpaired) electrons. The lowest BCUT2D eigenvalue weighted by molar-refractivity contribution is 0.595. The van der Waals surface area contributed by atoms with E-state index >= 15 is 0 Å². The Labute approximate surface area is 125 Å². The molecule has 0 saturated heterocycles. The first kappa shape index (κ1) is 13.8. The molecule has 0 bridgehead atoms. The Morgan fingerprint density at radius 2 is 1.38 bits per heavy atom. The topological polar surface area (TPSA) is 34.1 Å². The molecule has 3 aromatic carbocycles. The number of aryl methyl sites for hydroxylation is 1. The first-order valence-corrected chi connectivity index (χ1v) is 8.56. The highest BCUT2D eigenvalue weighted by Gasteiger charge is 2.14. The van der Waals surface area contributed by atoms with E-state index in [0.29, 0.717) is 11.3 Å². The van der Waals surface area contributed by atoms with Crippen molar-refractivity contribution in [3.05, 3.63) is 78.4 Å². The van der Waals surface area contributed by atoms with Crippen LogP contribution in [-0.2, 0) is 16.3 Å². The Morgan fingerprint density at radius 1 is 0.714 bits per heavy atom. The van der Waals surface area contributed by atoms with E-state index in [4.69, 9.17) is 0 Å². The molecule has 21 heavy (non-hydrogen) atoms. The summed E-state index contributed by atoms with van der Waals surface area (Å²) >= 11 is 0. The zero-order valence-corrected chi connectivity index (χ0v) is 12.4. The van der Waals surface area contributed by atoms with Crippen LogP contribution >= 0.6 is 0 Å². The van der Waals surface area contributed by atoms with Crippen LogP contribution < -0.4 is 0 Å². The number of benzene rings is 3. The van der Waals surface area contributed by atoms with Crippen molar-refractivity contribution in [2.45, 2.75) is 11.3 Å². The molecule has 0 amide bonds. The molecule has 0 unspecified atom stereocenters. The van der Waals surface area contributed by atoms with Crippen molar-refractivity contribution in [3.63, 3.8) is 0 Å². The minimum Gasteiger partial charge on any atom is -0.224 e. The quantitative estimate of drug-likeness (QED) is 0.732. The zero-order valence-electron chi connectivity index (χ0n) is 11.6. The van der Waals surface area contributed by atoms with E-state index in [1.807, 2.05) is 48.5 Å². The Hall–Kier alpha value is -2.13. The summed E-state index contributed by atoms with van der Waals surface area (Å²) in [5.74, 6) is 0.130. The molecule has 3 rings (SSSR count). The minimum atomic E-state index is -3.23. The van der Waals surface area contributed by atoms with Gasteiger partial charge in [-0.25, -0.2) is 8.42 Å². The second-order valence-electron chi connectivity index (χ2n) is 5.02. The van der Waals surface area contributed by atoms with Gasteiger partial charge in [-0.05, 0) is 34.9 Å². The van der Waals surface area contributed by atoms with Gasteiger partial charge in [0, 0.05) is 0 Å². The highest BCUT2D eigenvalue weighted by Crippen LogP contribution is 2.20. The van der Waals surface area contributed by atoms with Crippen molar-refractivity contribution in [1.29, 1.82) is 0 Å². The third-order valence-corrected chi connectivity index (χ3v) is 5.35. The van der Waals surface area contributed by atoms with Gasteiger partial charge in [-0.1, -0.05) is 60.7 Å². The van der Waals surface area contributed by atoms with E-state index < -0.39 is 9.84 Å². The van der Waals surface area contributed by atoms with Gasteiger partial charge in [-0.15, -0.1) is 0 Å². The molecule has 3 heteroatoms. The predicted molar refractivity (Wildman–Crippen MR) is 86.1 cm³/mol.